The van der Waals surface area contributed by atoms with Crippen LogP contribution in [0.2, 0.25) is 0 Å². The van der Waals surface area contributed by atoms with Gasteiger partial charge >= 0.3 is 0 Å². The molecule has 0 bridgehead atoms. The summed E-state index contributed by atoms with van der Waals surface area (Å²) < 4.78 is 0. The van der Waals surface area contributed by atoms with Gasteiger partial charge in [0, 0.05) is 24.7 Å². The van der Waals surface area contributed by atoms with E-state index in [1.54, 1.807) is 0 Å². The van der Waals surface area contributed by atoms with Gasteiger partial charge in [-0.25, -0.2) is 0 Å². The van der Waals surface area contributed by atoms with Crippen molar-refractivity contribution >= 4 is 0 Å². The normalized spacial score (nSPS) is 12.0. The Hall–Kier alpha value is -1.30. The van der Waals surface area contributed by atoms with Gasteiger partial charge in [0.2, 0.25) is 0 Å². The molecule has 1 atom stereocenters. The zero-order valence-corrected chi connectivity index (χ0v) is 11.7. The molecule has 0 amide bonds. The van der Waals surface area contributed by atoms with Gasteiger partial charge in [0.1, 0.15) is 0 Å². The lowest BCUT2D eigenvalue weighted by Gasteiger charge is -2.23. The molecule has 0 aromatic heterocycles. The summed E-state index contributed by atoms with van der Waals surface area (Å²) in [4.78, 5) is 2.37. The minimum Gasteiger partial charge on any atom is -0.305 e. The van der Waals surface area contributed by atoms with Crippen molar-refractivity contribution in [3.63, 3.8) is 0 Å². The van der Waals surface area contributed by atoms with Crippen LogP contribution in [-0.4, -0.2) is 37.6 Å². The lowest BCUT2D eigenvalue weighted by molar-refractivity contribution is 0.253. The minimum atomic E-state index is 0.655. The number of nitrogens with one attached hydrogen (secondary N) is 1. The summed E-state index contributed by atoms with van der Waals surface area (Å²) in [5, 5.41) is 3.35. The molecular weight excluding hydrogens is 220 g/mol. The van der Waals surface area contributed by atoms with Crippen LogP contribution in [0.1, 0.15) is 25.8 Å². The second-order valence-electron chi connectivity index (χ2n) is 4.58. The highest BCUT2D eigenvalue weighted by Gasteiger charge is 2.04. The second kappa shape index (κ2) is 8.74. The van der Waals surface area contributed by atoms with Crippen LogP contribution in [0.25, 0.3) is 0 Å². The quantitative estimate of drug-likeness (QED) is 0.610. The molecule has 1 aromatic carbocycles. The van der Waals surface area contributed by atoms with E-state index in [1.807, 2.05) is 30.3 Å². The van der Waals surface area contributed by atoms with E-state index in [4.69, 9.17) is 0 Å². The standard InChI is InChI=1S/C16H24N2/c1-4-15(2)18(3)14-13-17-12-8-11-16-9-6-5-7-10-16/h5-7,9-10,15,17H,4,12-14H2,1-3H3. The van der Waals surface area contributed by atoms with Crippen LogP contribution >= 0.6 is 0 Å². The highest BCUT2D eigenvalue weighted by atomic mass is 15.1. The summed E-state index contributed by atoms with van der Waals surface area (Å²) in [7, 11) is 2.17. The molecule has 2 nitrogen and oxygen atoms in total. The Balaban J connectivity index is 2.14. The molecule has 1 aromatic rings. The van der Waals surface area contributed by atoms with Gasteiger partial charge in [0.15, 0.2) is 0 Å². The molecule has 0 aliphatic rings. The van der Waals surface area contributed by atoms with E-state index < -0.39 is 0 Å². The Kier molecular flexibility index (Phi) is 7.17. The number of nitrogens with zero attached hydrogens (tertiary/aromatic N) is 1. The van der Waals surface area contributed by atoms with Crippen molar-refractivity contribution in [1.29, 1.82) is 0 Å². The largest absolute Gasteiger partial charge is 0.305 e. The summed E-state index contributed by atoms with van der Waals surface area (Å²) in [6, 6.07) is 10.8. The summed E-state index contributed by atoms with van der Waals surface area (Å²) in [6.07, 6.45) is 1.20. The van der Waals surface area contributed by atoms with Crippen molar-refractivity contribution in [2.24, 2.45) is 0 Å². The van der Waals surface area contributed by atoms with E-state index in [2.05, 4.69) is 43.0 Å². The maximum atomic E-state index is 3.35. The molecule has 0 heterocycles. The summed E-state index contributed by atoms with van der Waals surface area (Å²) in [6.45, 7) is 7.30. The summed E-state index contributed by atoms with van der Waals surface area (Å²) in [5.41, 5.74) is 1.08. The van der Waals surface area contributed by atoms with Crippen LogP contribution < -0.4 is 5.32 Å². The Morgan fingerprint density at radius 2 is 2.00 bits per heavy atom. The number of benzene rings is 1. The van der Waals surface area contributed by atoms with Gasteiger partial charge in [0.25, 0.3) is 0 Å². The highest BCUT2D eigenvalue weighted by molar-refractivity contribution is 5.33. The lowest BCUT2D eigenvalue weighted by Crippen LogP contribution is -2.35. The van der Waals surface area contributed by atoms with Gasteiger partial charge in [-0.15, -0.1) is 0 Å². The average molecular weight is 244 g/mol. The lowest BCUT2D eigenvalue weighted by atomic mass is 10.2. The SMILES string of the molecule is CCC(C)N(C)CCNCC#Cc1ccccc1. The Morgan fingerprint density at radius 3 is 2.67 bits per heavy atom. The smallest absolute Gasteiger partial charge is 0.0580 e. The minimum absolute atomic E-state index is 0.655. The van der Waals surface area contributed by atoms with Crippen molar-refractivity contribution < 1.29 is 0 Å². The van der Waals surface area contributed by atoms with Crippen molar-refractivity contribution in [3.8, 4) is 11.8 Å². The van der Waals surface area contributed by atoms with E-state index in [-0.39, 0.29) is 0 Å². The molecule has 0 saturated carbocycles. The topological polar surface area (TPSA) is 15.3 Å². The van der Waals surface area contributed by atoms with Gasteiger partial charge in [0.05, 0.1) is 6.54 Å². The van der Waals surface area contributed by atoms with Crippen LogP contribution in [0.15, 0.2) is 30.3 Å². The molecule has 0 spiro atoms. The van der Waals surface area contributed by atoms with Gasteiger partial charge in [-0.2, -0.15) is 0 Å². The van der Waals surface area contributed by atoms with E-state index in [1.165, 1.54) is 6.42 Å². The predicted molar refractivity (Wildman–Crippen MR) is 78.6 cm³/mol. The predicted octanol–water partition coefficient (Wildman–Crippen LogP) is 2.36. The van der Waals surface area contributed by atoms with Crippen LogP contribution in [0.4, 0.5) is 0 Å². The fourth-order valence-corrected chi connectivity index (χ4v) is 1.61. The van der Waals surface area contributed by atoms with Crippen LogP contribution in [0, 0.1) is 11.8 Å². The number of likely N-dealkylation sites (N-methyl/N-ethyl adjacent to an activating group) is 1. The molecule has 0 aliphatic heterocycles. The third-order valence-corrected chi connectivity index (χ3v) is 3.20. The molecular formula is C16H24N2. The van der Waals surface area contributed by atoms with E-state index in [0.29, 0.717) is 6.04 Å². The molecule has 0 radical (unpaired) electrons. The molecule has 2 heteroatoms. The van der Waals surface area contributed by atoms with Gasteiger partial charge in [-0.05, 0) is 32.5 Å². The van der Waals surface area contributed by atoms with Crippen LogP contribution in [-0.2, 0) is 0 Å². The molecule has 1 unspecified atom stereocenters. The van der Waals surface area contributed by atoms with Crippen molar-refractivity contribution in [2.75, 3.05) is 26.7 Å². The molecule has 1 rings (SSSR count). The maximum absolute atomic E-state index is 3.35. The zero-order chi connectivity index (χ0) is 13.2. The van der Waals surface area contributed by atoms with E-state index in [0.717, 1.165) is 25.2 Å². The molecule has 0 fully saturated rings. The van der Waals surface area contributed by atoms with Crippen LogP contribution in [0.5, 0.6) is 0 Å². The summed E-state index contributed by atoms with van der Waals surface area (Å²) in [5.74, 6) is 6.28. The van der Waals surface area contributed by atoms with Gasteiger partial charge < -0.3 is 10.2 Å². The van der Waals surface area contributed by atoms with Gasteiger partial charge in [-0.3, -0.25) is 0 Å². The number of hydrogen-bond acceptors (Lipinski definition) is 2. The number of hydrogen-bond donors (Lipinski definition) is 1. The van der Waals surface area contributed by atoms with E-state index in [9.17, 15) is 0 Å². The maximum Gasteiger partial charge on any atom is 0.0580 e. The zero-order valence-electron chi connectivity index (χ0n) is 11.7. The fourth-order valence-electron chi connectivity index (χ4n) is 1.61. The van der Waals surface area contributed by atoms with Crippen molar-refractivity contribution in [3.05, 3.63) is 35.9 Å². The fraction of sp³-hybridized carbons (Fsp3) is 0.500. The highest BCUT2D eigenvalue weighted by Crippen LogP contribution is 1.98. The average Bonchev–Trinajstić information content (AvgIpc) is 2.42. The van der Waals surface area contributed by atoms with E-state index >= 15 is 0 Å². The number of rotatable bonds is 6. The second-order valence-corrected chi connectivity index (χ2v) is 4.58. The first kappa shape index (κ1) is 14.8. The Morgan fingerprint density at radius 1 is 1.28 bits per heavy atom. The molecule has 18 heavy (non-hydrogen) atoms. The van der Waals surface area contributed by atoms with Crippen molar-refractivity contribution in [1.82, 2.24) is 10.2 Å². The van der Waals surface area contributed by atoms with Crippen LogP contribution in [0.3, 0.4) is 0 Å². The first-order valence-electron chi connectivity index (χ1n) is 6.69. The molecule has 1 N–H and O–H groups in total. The first-order chi connectivity index (χ1) is 8.74. The molecule has 0 saturated heterocycles. The Labute approximate surface area is 111 Å². The third-order valence-electron chi connectivity index (χ3n) is 3.20. The van der Waals surface area contributed by atoms with Crippen molar-refractivity contribution in [2.45, 2.75) is 26.3 Å². The monoisotopic (exact) mass is 244 g/mol. The Bertz CT molecular complexity index is 375. The molecule has 98 valence electrons. The van der Waals surface area contributed by atoms with Gasteiger partial charge in [-0.1, -0.05) is 37.0 Å². The summed E-state index contributed by atoms with van der Waals surface area (Å²) >= 11 is 0. The molecule has 0 aliphatic carbocycles. The third kappa shape index (κ3) is 5.86. The first-order valence-corrected chi connectivity index (χ1v) is 6.69.